The van der Waals surface area contributed by atoms with Gasteiger partial charge < -0.3 is 0 Å². The van der Waals surface area contributed by atoms with E-state index in [1.807, 2.05) is 0 Å². The van der Waals surface area contributed by atoms with Gasteiger partial charge in [0.05, 0.1) is 5.54 Å². The fraction of sp³-hybridized carbons (Fsp3) is 0.333. The summed E-state index contributed by atoms with van der Waals surface area (Å²) in [6, 6.07) is 18.6. The van der Waals surface area contributed by atoms with Crippen molar-refractivity contribution in [3.05, 3.63) is 70.8 Å². The zero-order valence-electron chi connectivity index (χ0n) is 11.6. The summed E-state index contributed by atoms with van der Waals surface area (Å²) in [5.74, 6) is 0. The number of fused-ring (bicyclic) bond motifs is 6. The van der Waals surface area contributed by atoms with E-state index in [1.54, 1.807) is 0 Å². The number of hydrogen-bond acceptors (Lipinski definition) is 1. The van der Waals surface area contributed by atoms with E-state index in [4.69, 9.17) is 0 Å². The zero-order chi connectivity index (χ0) is 13.0. The van der Waals surface area contributed by atoms with Crippen LogP contribution in [0.2, 0.25) is 0 Å². The number of benzene rings is 2. The van der Waals surface area contributed by atoms with Crippen molar-refractivity contribution in [1.82, 2.24) is 4.90 Å². The lowest BCUT2D eigenvalue weighted by molar-refractivity contribution is 0.0851. The molecular weight excluding hydrogens is 230 g/mol. The summed E-state index contributed by atoms with van der Waals surface area (Å²) in [5.41, 5.74) is 6.07. The van der Waals surface area contributed by atoms with Crippen molar-refractivity contribution in [2.75, 3.05) is 7.05 Å². The molecule has 0 saturated carbocycles. The largest absolute Gasteiger partial charge is 0.289 e. The topological polar surface area (TPSA) is 3.24 Å². The first-order valence-electron chi connectivity index (χ1n) is 7.11. The van der Waals surface area contributed by atoms with Crippen molar-refractivity contribution >= 4 is 0 Å². The van der Waals surface area contributed by atoms with Crippen molar-refractivity contribution in [1.29, 1.82) is 0 Å². The van der Waals surface area contributed by atoms with E-state index in [0.717, 1.165) is 0 Å². The Balaban J connectivity index is 2.05. The highest BCUT2D eigenvalue weighted by atomic mass is 15.2. The molecule has 0 fully saturated rings. The van der Waals surface area contributed by atoms with Gasteiger partial charge in [0, 0.05) is 6.04 Å². The molecule has 0 saturated heterocycles. The average molecular weight is 249 g/mol. The van der Waals surface area contributed by atoms with E-state index in [1.165, 1.54) is 35.1 Å². The molecule has 2 aromatic carbocycles. The molecule has 0 unspecified atom stereocenters. The number of nitrogens with zero attached hydrogens (tertiary/aromatic N) is 1. The van der Waals surface area contributed by atoms with Crippen molar-refractivity contribution in [3.63, 3.8) is 0 Å². The second kappa shape index (κ2) is 3.71. The molecule has 2 heterocycles. The number of rotatable bonds is 0. The van der Waals surface area contributed by atoms with E-state index in [9.17, 15) is 0 Å². The van der Waals surface area contributed by atoms with Gasteiger partial charge in [-0.25, -0.2) is 0 Å². The first-order chi connectivity index (χ1) is 9.21. The molecule has 19 heavy (non-hydrogen) atoms. The Morgan fingerprint density at radius 3 is 1.89 bits per heavy atom. The highest BCUT2D eigenvalue weighted by molar-refractivity contribution is 5.50. The second-order valence-corrected chi connectivity index (χ2v) is 6.06. The summed E-state index contributed by atoms with van der Waals surface area (Å²) < 4.78 is 0. The second-order valence-electron chi connectivity index (χ2n) is 6.06. The van der Waals surface area contributed by atoms with E-state index in [-0.39, 0.29) is 5.54 Å². The predicted molar refractivity (Wildman–Crippen MR) is 78.3 cm³/mol. The minimum absolute atomic E-state index is 0.0361. The standard InChI is InChI=1S/C18H19N/c1-18-16-9-5-3-7-13(16)11-15(19(18)2)12-14-8-4-6-10-17(14)18/h3-10,15H,11-12H2,1-2H3. The first-order valence-corrected chi connectivity index (χ1v) is 7.11. The summed E-state index contributed by atoms with van der Waals surface area (Å²) in [5, 5.41) is 0. The summed E-state index contributed by atoms with van der Waals surface area (Å²) in [7, 11) is 2.29. The maximum absolute atomic E-state index is 2.58. The van der Waals surface area contributed by atoms with Gasteiger partial charge in [0.15, 0.2) is 0 Å². The maximum Gasteiger partial charge on any atom is 0.0692 e. The summed E-state index contributed by atoms with van der Waals surface area (Å²) in [4.78, 5) is 2.58. The van der Waals surface area contributed by atoms with Gasteiger partial charge in [0.2, 0.25) is 0 Å². The Labute approximate surface area is 114 Å². The van der Waals surface area contributed by atoms with E-state index in [0.29, 0.717) is 6.04 Å². The molecule has 1 nitrogen and oxygen atoms in total. The van der Waals surface area contributed by atoms with Gasteiger partial charge in [-0.3, -0.25) is 4.90 Å². The van der Waals surface area contributed by atoms with Gasteiger partial charge in [-0.1, -0.05) is 48.5 Å². The van der Waals surface area contributed by atoms with Crippen LogP contribution in [0.5, 0.6) is 0 Å². The summed E-state index contributed by atoms with van der Waals surface area (Å²) in [6.07, 6.45) is 2.35. The van der Waals surface area contributed by atoms with Crippen molar-refractivity contribution in [3.8, 4) is 0 Å². The third-order valence-corrected chi connectivity index (χ3v) is 5.25. The molecule has 0 spiro atoms. The molecule has 2 aromatic rings. The van der Waals surface area contributed by atoms with Crippen LogP contribution in [-0.4, -0.2) is 18.0 Å². The van der Waals surface area contributed by atoms with Gasteiger partial charge in [-0.15, -0.1) is 0 Å². The molecule has 2 aliphatic rings. The fourth-order valence-corrected chi connectivity index (χ4v) is 4.09. The van der Waals surface area contributed by atoms with E-state index >= 15 is 0 Å². The SMILES string of the molecule is CN1C2Cc3ccccc3C1(C)c1ccccc1C2. The Bertz CT molecular complexity index is 594. The molecular formula is C18H19N. The average Bonchev–Trinajstić information content (AvgIpc) is 2.43. The summed E-state index contributed by atoms with van der Waals surface area (Å²) in [6.45, 7) is 2.38. The van der Waals surface area contributed by atoms with Crippen LogP contribution in [0.25, 0.3) is 0 Å². The molecule has 1 heteroatoms. The van der Waals surface area contributed by atoms with Crippen LogP contribution < -0.4 is 0 Å². The maximum atomic E-state index is 2.58. The van der Waals surface area contributed by atoms with E-state index < -0.39 is 0 Å². The highest BCUT2D eigenvalue weighted by Crippen LogP contribution is 2.47. The van der Waals surface area contributed by atoms with E-state index in [2.05, 4.69) is 67.4 Å². The van der Waals surface area contributed by atoms with Gasteiger partial charge in [0.1, 0.15) is 0 Å². The fourth-order valence-electron chi connectivity index (χ4n) is 4.09. The van der Waals surface area contributed by atoms with Crippen LogP contribution in [-0.2, 0) is 18.4 Å². The molecule has 0 amide bonds. The van der Waals surface area contributed by atoms with Gasteiger partial charge in [0.25, 0.3) is 0 Å². The molecule has 4 rings (SSSR count). The molecule has 2 aliphatic heterocycles. The van der Waals surface area contributed by atoms with Gasteiger partial charge >= 0.3 is 0 Å². The monoisotopic (exact) mass is 249 g/mol. The molecule has 0 atom stereocenters. The quantitative estimate of drug-likeness (QED) is 0.692. The van der Waals surface area contributed by atoms with Crippen LogP contribution in [0.1, 0.15) is 29.2 Å². The third kappa shape index (κ3) is 1.34. The van der Waals surface area contributed by atoms with Crippen LogP contribution in [0.3, 0.4) is 0 Å². The van der Waals surface area contributed by atoms with Crippen molar-refractivity contribution in [2.45, 2.75) is 31.3 Å². The number of likely N-dealkylation sites (N-methyl/N-ethyl adjacent to an activating group) is 1. The Morgan fingerprint density at radius 1 is 0.895 bits per heavy atom. The normalized spacial score (nSPS) is 28.6. The van der Waals surface area contributed by atoms with Crippen LogP contribution in [0, 0.1) is 0 Å². The lowest BCUT2D eigenvalue weighted by Crippen LogP contribution is -2.56. The Hall–Kier alpha value is -1.60. The van der Waals surface area contributed by atoms with Gasteiger partial charge in [-0.2, -0.15) is 0 Å². The molecule has 2 bridgehead atoms. The van der Waals surface area contributed by atoms with Crippen LogP contribution >= 0.6 is 0 Å². The highest BCUT2D eigenvalue weighted by Gasteiger charge is 2.46. The molecule has 0 radical (unpaired) electrons. The number of hydrogen-bond donors (Lipinski definition) is 0. The van der Waals surface area contributed by atoms with Crippen LogP contribution in [0.15, 0.2) is 48.5 Å². The lowest BCUT2D eigenvalue weighted by atomic mass is 9.69. The predicted octanol–water partition coefficient (Wildman–Crippen LogP) is 3.36. The molecule has 0 aliphatic carbocycles. The Morgan fingerprint density at radius 2 is 1.37 bits per heavy atom. The molecule has 0 N–H and O–H groups in total. The van der Waals surface area contributed by atoms with Crippen molar-refractivity contribution in [2.24, 2.45) is 0 Å². The zero-order valence-corrected chi connectivity index (χ0v) is 11.6. The first kappa shape index (κ1) is 11.2. The summed E-state index contributed by atoms with van der Waals surface area (Å²) >= 11 is 0. The smallest absolute Gasteiger partial charge is 0.0692 e. The van der Waals surface area contributed by atoms with Crippen molar-refractivity contribution < 1.29 is 0 Å². The molecule has 0 aromatic heterocycles. The Kier molecular flexibility index (Phi) is 2.19. The van der Waals surface area contributed by atoms with Gasteiger partial charge in [-0.05, 0) is 49.1 Å². The minimum atomic E-state index is 0.0361. The molecule has 96 valence electrons. The lowest BCUT2D eigenvalue weighted by Gasteiger charge is -2.53. The third-order valence-electron chi connectivity index (χ3n) is 5.25. The minimum Gasteiger partial charge on any atom is -0.289 e. The van der Waals surface area contributed by atoms with Crippen LogP contribution in [0.4, 0.5) is 0 Å².